The second kappa shape index (κ2) is 6.56. The van der Waals surface area contributed by atoms with Crippen molar-refractivity contribution in [1.82, 2.24) is 14.2 Å². The summed E-state index contributed by atoms with van der Waals surface area (Å²) >= 11 is 12.0. The Kier molecular flexibility index (Phi) is 4.71. The van der Waals surface area contributed by atoms with Crippen LogP contribution in [0.4, 0.5) is 0 Å². The molecular formula is C17H21Cl2N3O4S. The first kappa shape index (κ1) is 19.4. The van der Waals surface area contributed by atoms with E-state index in [2.05, 4.69) is 4.98 Å². The van der Waals surface area contributed by atoms with Gasteiger partial charge in [-0.1, -0.05) is 37.0 Å². The molecule has 2 bridgehead atoms. The maximum Gasteiger partial charge on any atom is 0.257 e. The van der Waals surface area contributed by atoms with Gasteiger partial charge in [-0.05, 0) is 18.4 Å². The molecule has 0 aromatic carbocycles. The van der Waals surface area contributed by atoms with Gasteiger partial charge in [-0.25, -0.2) is 13.4 Å². The highest BCUT2D eigenvalue weighted by Crippen LogP contribution is 2.47. The van der Waals surface area contributed by atoms with Crippen LogP contribution < -0.4 is 0 Å². The van der Waals surface area contributed by atoms with E-state index in [4.69, 9.17) is 27.9 Å². The lowest BCUT2D eigenvalue weighted by atomic mass is 9.99. The lowest BCUT2D eigenvalue weighted by Gasteiger charge is -2.39. The number of aromatic nitrogens is 1. The Morgan fingerprint density at radius 2 is 2.15 bits per heavy atom. The Bertz CT molecular complexity index is 894. The van der Waals surface area contributed by atoms with Crippen LogP contribution in [0.25, 0.3) is 0 Å². The van der Waals surface area contributed by atoms with Crippen molar-refractivity contribution in [1.29, 1.82) is 0 Å². The van der Waals surface area contributed by atoms with Crippen LogP contribution in [0.1, 0.15) is 30.6 Å². The summed E-state index contributed by atoms with van der Waals surface area (Å²) in [7, 11) is -3.44. The summed E-state index contributed by atoms with van der Waals surface area (Å²) in [5, 5.41) is -0.165. The number of sulfonamides is 1. The molecule has 0 unspecified atom stereocenters. The lowest BCUT2D eigenvalue weighted by Crippen LogP contribution is -2.56. The first-order chi connectivity index (χ1) is 12.6. The second-order valence-corrected chi connectivity index (χ2v) is 10.8. The van der Waals surface area contributed by atoms with E-state index in [-0.39, 0.29) is 46.8 Å². The number of ether oxygens (including phenoxy) is 1. The largest absolute Gasteiger partial charge is 0.365 e. The molecule has 1 amide bonds. The average Bonchev–Trinajstić information content (AvgIpc) is 2.93. The summed E-state index contributed by atoms with van der Waals surface area (Å²) in [6.45, 7) is 5.27. The van der Waals surface area contributed by atoms with Gasteiger partial charge in [0.1, 0.15) is 16.0 Å². The number of hydrogen-bond donors (Lipinski definition) is 0. The molecule has 4 heterocycles. The summed E-state index contributed by atoms with van der Waals surface area (Å²) in [6, 6.07) is 1.43. The number of fused-ring (bicyclic) bond motifs is 1. The maximum absolute atomic E-state index is 13.0. The minimum absolute atomic E-state index is 0.212. The van der Waals surface area contributed by atoms with Crippen LogP contribution in [-0.4, -0.2) is 71.6 Å². The number of halogens is 2. The van der Waals surface area contributed by atoms with E-state index in [1.54, 1.807) is 4.90 Å². The van der Waals surface area contributed by atoms with Crippen molar-refractivity contribution in [2.45, 2.75) is 37.2 Å². The van der Waals surface area contributed by atoms with Crippen molar-refractivity contribution >= 4 is 39.1 Å². The van der Waals surface area contributed by atoms with Gasteiger partial charge in [0.2, 0.25) is 10.0 Å². The van der Waals surface area contributed by atoms with Crippen LogP contribution in [0.3, 0.4) is 0 Å². The molecule has 148 valence electrons. The molecule has 3 fully saturated rings. The minimum Gasteiger partial charge on any atom is -0.365 e. The second-order valence-electron chi connectivity index (χ2n) is 7.93. The van der Waals surface area contributed by atoms with Crippen LogP contribution in [0.15, 0.2) is 12.3 Å². The van der Waals surface area contributed by atoms with Crippen LogP contribution >= 0.6 is 23.2 Å². The number of carbonyl (C=O) groups is 1. The molecule has 0 N–H and O–H groups in total. The normalized spacial score (nSPS) is 32.1. The van der Waals surface area contributed by atoms with Crippen molar-refractivity contribution in [2.75, 3.05) is 26.2 Å². The molecule has 1 spiro atoms. The van der Waals surface area contributed by atoms with E-state index in [0.29, 0.717) is 19.5 Å². The zero-order valence-electron chi connectivity index (χ0n) is 15.1. The standard InChI is InChI=1S/C17H21Cl2N3O4S/c1-10(2)6-22-9-17-8-21(7-11(26-17)3-14(17)27(22,24)25)16(23)12-5-20-15(19)4-13(12)18/h4-5,10-11,14H,3,6-9H2,1-2H3/t11-,14+,17+/m1/s1. The average molecular weight is 434 g/mol. The number of carbonyl (C=O) groups excluding carboxylic acids is 1. The molecule has 1 aromatic rings. The van der Waals surface area contributed by atoms with Crippen molar-refractivity contribution in [3.8, 4) is 0 Å². The van der Waals surface area contributed by atoms with Crippen LogP contribution in [0.2, 0.25) is 10.2 Å². The molecule has 3 aliphatic heterocycles. The third-order valence-corrected chi connectivity index (χ3v) is 8.28. The number of likely N-dealkylation sites (tertiary alicyclic amines) is 1. The molecule has 0 aliphatic carbocycles. The SMILES string of the molecule is CC(C)CN1C[C@@]23CN(C(=O)c4cnc(Cl)cc4Cl)C[C@@H](C[C@@H]2S1(=O)=O)O3. The maximum atomic E-state index is 13.0. The number of rotatable bonds is 3. The van der Waals surface area contributed by atoms with Gasteiger partial charge in [0.05, 0.1) is 23.2 Å². The van der Waals surface area contributed by atoms with Gasteiger partial charge in [-0.3, -0.25) is 4.79 Å². The van der Waals surface area contributed by atoms with Gasteiger partial charge < -0.3 is 9.64 Å². The van der Waals surface area contributed by atoms with Crippen LogP contribution in [-0.2, 0) is 14.8 Å². The predicted molar refractivity (Wildman–Crippen MR) is 102 cm³/mol. The molecule has 10 heteroatoms. The third-order valence-electron chi connectivity index (χ3n) is 5.42. The Balaban J connectivity index is 1.62. The van der Waals surface area contributed by atoms with Crippen molar-refractivity contribution in [2.24, 2.45) is 5.92 Å². The molecule has 7 nitrogen and oxygen atoms in total. The number of pyridine rings is 1. The van der Waals surface area contributed by atoms with Gasteiger partial charge in [-0.15, -0.1) is 0 Å². The molecule has 0 saturated carbocycles. The fourth-order valence-corrected chi connectivity index (χ4v) is 7.33. The number of hydrogen-bond acceptors (Lipinski definition) is 5. The summed E-state index contributed by atoms with van der Waals surface area (Å²) in [5.41, 5.74) is -0.617. The molecule has 0 radical (unpaired) electrons. The Morgan fingerprint density at radius 1 is 1.41 bits per heavy atom. The highest BCUT2D eigenvalue weighted by atomic mass is 35.5. The molecule has 27 heavy (non-hydrogen) atoms. The van der Waals surface area contributed by atoms with E-state index in [0.717, 1.165) is 0 Å². The third kappa shape index (κ3) is 3.15. The van der Waals surface area contributed by atoms with Crippen molar-refractivity contribution in [3.05, 3.63) is 28.0 Å². The number of morpholine rings is 1. The molecule has 3 atom stereocenters. The van der Waals surface area contributed by atoms with Gasteiger partial charge in [0.15, 0.2) is 0 Å². The van der Waals surface area contributed by atoms with E-state index in [9.17, 15) is 13.2 Å². The highest BCUT2D eigenvalue weighted by Gasteiger charge is 2.65. The topological polar surface area (TPSA) is 79.8 Å². The molecule has 4 rings (SSSR count). The summed E-state index contributed by atoms with van der Waals surface area (Å²) < 4.78 is 33.6. The lowest BCUT2D eigenvalue weighted by molar-refractivity contribution is -0.0980. The quantitative estimate of drug-likeness (QED) is 0.681. The Hall–Kier alpha value is -0.930. The van der Waals surface area contributed by atoms with Crippen molar-refractivity contribution in [3.63, 3.8) is 0 Å². The summed E-state index contributed by atoms with van der Waals surface area (Å²) in [5.74, 6) is -0.0664. The molecular weight excluding hydrogens is 413 g/mol. The number of nitrogens with zero attached hydrogens (tertiary/aromatic N) is 3. The van der Waals surface area contributed by atoms with Gasteiger partial charge in [0.25, 0.3) is 5.91 Å². The smallest absolute Gasteiger partial charge is 0.257 e. The van der Waals surface area contributed by atoms with Gasteiger partial charge in [0, 0.05) is 25.8 Å². The van der Waals surface area contributed by atoms with Crippen molar-refractivity contribution < 1.29 is 17.9 Å². The van der Waals surface area contributed by atoms with Gasteiger partial charge >= 0.3 is 0 Å². The summed E-state index contributed by atoms with van der Waals surface area (Å²) in [4.78, 5) is 18.6. The molecule has 3 aliphatic rings. The highest BCUT2D eigenvalue weighted by molar-refractivity contribution is 7.90. The first-order valence-corrected chi connectivity index (χ1v) is 11.2. The molecule has 1 aromatic heterocycles. The Morgan fingerprint density at radius 3 is 2.81 bits per heavy atom. The monoisotopic (exact) mass is 433 g/mol. The Labute approximate surface area is 168 Å². The van der Waals surface area contributed by atoms with E-state index in [1.165, 1.54) is 16.6 Å². The summed E-state index contributed by atoms with van der Waals surface area (Å²) in [6.07, 6.45) is 1.48. The first-order valence-electron chi connectivity index (χ1n) is 8.89. The van der Waals surface area contributed by atoms with Gasteiger partial charge in [-0.2, -0.15) is 4.31 Å². The fraction of sp³-hybridized carbons (Fsp3) is 0.647. The van der Waals surface area contributed by atoms with Crippen LogP contribution in [0, 0.1) is 5.92 Å². The predicted octanol–water partition coefficient (Wildman–Crippen LogP) is 2.04. The van der Waals surface area contributed by atoms with E-state index < -0.39 is 20.9 Å². The van der Waals surface area contributed by atoms with E-state index in [1.807, 2.05) is 13.8 Å². The van der Waals surface area contributed by atoms with Crippen LogP contribution in [0.5, 0.6) is 0 Å². The fourth-order valence-electron chi connectivity index (χ4n) is 4.41. The van der Waals surface area contributed by atoms with E-state index >= 15 is 0 Å². The molecule has 3 saturated heterocycles. The number of amides is 1. The minimum atomic E-state index is -3.44. The zero-order chi connectivity index (χ0) is 19.6. The zero-order valence-corrected chi connectivity index (χ0v) is 17.4.